The number of ether oxygens (including phenoxy) is 1. The fraction of sp³-hybridized carbons (Fsp3) is 0.824. The number of hydrogen-bond acceptors (Lipinski definition) is 5. The van der Waals surface area contributed by atoms with Gasteiger partial charge in [-0.15, -0.1) is 0 Å². The van der Waals surface area contributed by atoms with Gasteiger partial charge in [0.1, 0.15) is 5.60 Å². The molecule has 2 amide bonds. The zero-order valence-corrected chi connectivity index (χ0v) is 29.6. The highest BCUT2D eigenvalue weighted by atomic mass is 32.2. The third kappa shape index (κ3) is 14.2. The Kier molecular flexibility index (Phi) is 16.6. The summed E-state index contributed by atoms with van der Waals surface area (Å²) in [5.74, 6) is 3.77. The van der Waals surface area contributed by atoms with Gasteiger partial charge >= 0.3 is 6.09 Å². The van der Waals surface area contributed by atoms with Crippen molar-refractivity contribution in [2.24, 2.45) is 35.5 Å². The van der Waals surface area contributed by atoms with E-state index in [1.807, 2.05) is 30.6 Å². The number of piperidine rings is 3. The first-order chi connectivity index (χ1) is 19.9. The first-order valence-electron chi connectivity index (χ1n) is 16.4. The van der Waals surface area contributed by atoms with Crippen LogP contribution in [-0.2, 0) is 19.6 Å². The van der Waals surface area contributed by atoms with E-state index in [0.717, 1.165) is 57.3 Å². The maximum atomic E-state index is 11.9. The fourth-order valence-corrected chi connectivity index (χ4v) is 6.78. The van der Waals surface area contributed by atoms with Crippen LogP contribution in [0.3, 0.4) is 0 Å². The molecule has 3 aliphatic heterocycles. The average Bonchev–Trinajstić information content (AvgIpc) is 2.96. The van der Waals surface area contributed by atoms with Crippen LogP contribution < -0.4 is 0 Å². The van der Waals surface area contributed by atoms with Gasteiger partial charge in [-0.3, -0.25) is 4.79 Å². The van der Waals surface area contributed by atoms with Crippen molar-refractivity contribution in [2.45, 2.75) is 106 Å². The summed E-state index contributed by atoms with van der Waals surface area (Å²) >= 11 is 0. The Labute approximate surface area is 264 Å². The first-order valence-corrected chi connectivity index (χ1v) is 17.9. The molecule has 0 radical (unpaired) electrons. The predicted octanol–water partition coefficient (Wildman–Crippen LogP) is 7.18. The number of nitrogens with zero attached hydrogens (tertiary/aromatic N) is 3. The Hall–Kier alpha value is -1.87. The molecule has 3 unspecified atom stereocenters. The van der Waals surface area contributed by atoms with Gasteiger partial charge in [0.15, 0.2) is 0 Å². The number of carbonyl (C=O) groups excluding carboxylic acids is 2. The molecule has 3 saturated heterocycles. The van der Waals surface area contributed by atoms with Crippen molar-refractivity contribution in [2.75, 3.05) is 39.3 Å². The van der Waals surface area contributed by atoms with E-state index in [2.05, 4.69) is 54.7 Å². The summed E-state index contributed by atoms with van der Waals surface area (Å²) in [6.07, 6.45) is 8.11. The Bertz CT molecular complexity index is 986. The van der Waals surface area contributed by atoms with E-state index in [-0.39, 0.29) is 17.6 Å². The average molecular weight is 626 g/mol. The van der Waals surface area contributed by atoms with Crippen molar-refractivity contribution in [3.05, 3.63) is 24.6 Å². The lowest BCUT2D eigenvalue weighted by molar-refractivity contribution is -0.128. The van der Waals surface area contributed by atoms with Gasteiger partial charge in [0, 0.05) is 44.7 Å². The quantitative estimate of drug-likeness (QED) is 0.292. The lowest BCUT2D eigenvalue weighted by atomic mass is 9.88. The second-order valence-electron chi connectivity index (χ2n) is 14.4. The molecule has 0 aromatic rings. The van der Waals surface area contributed by atoms with Crippen LogP contribution >= 0.6 is 0 Å². The van der Waals surface area contributed by atoms with Crippen molar-refractivity contribution >= 4 is 22.0 Å². The molecule has 3 aliphatic rings. The molecule has 3 heterocycles. The van der Waals surface area contributed by atoms with Gasteiger partial charge in [-0.1, -0.05) is 54.7 Å². The molecule has 43 heavy (non-hydrogen) atoms. The SMILES string of the molecule is C=CC(=O)N1CCCC(C(C)C)C1.C=CS(=O)(=O)N1CCCC(C(C)C)C1.CC(C)C1CCCN(C(=O)OC(C)(C)C)C1. The highest BCUT2D eigenvalue weighted by Crippen LogP contribution is 2.26. The monoisotopic (exact) mass is 625 g/mol. The molecule has 3 atom stereocenters. The number of amides is 2. The zero-order valence-electron chi connectivity index (χ0n) is 28.8. The van der Waals surface area contributed by atoms with Crippen LogP contribution in [0.1, 0.15) is 101 Å². The highest BCUT2D eigenvalue weighted by Gasteiger charge is 2.30. The molecule has 0 aromatic carbocycles. The minimum atomic E-state index is -3.19. The molecule has 250 valence electrons. The molecule has 3 fully saturated rings. The number of carbonyl (C=O) groups is 2. The number of rotatable bonds is 6. The van der Waals surface area contributed by atoms with Crippen LogP contribution in [-0.4, -0.2) is 79.4 Å². The van der Waals surface area contributed by atoms with E-state index < -0.39 is 10.0 Å². The maximum absolute atomic E-state index is 11.9. The van der Waals surface area contributed by atoms with E-state index in [9.17, 15) is 18.0 Å². The summed E-state index contributed by atoms with van der Waals surface area (Å²) in [4.78, 5) is 27.0. The fourth-order valence-electron chi connectivity index (χ4n) is 5.78. The zero-order chi connectivity index (χ0) is 33.0. The van der Waals surface area contributed by atoms with Crippen LogP contribution in [0.2, 0.25) is 0 Å². The molecule has 0 N–H and O–H groups in total. The summed E-state index contributed by atoms with van der Waals surface area (Å²) in [6.45, 7) is 30.6. The Morgan fingerprint density at radius 1 is 0.744 bits per heavy atom. The van der Waals surface area contributed by atoms with Gasteiger partial charge in [-0.2, -0.15) is 4.31 Å². The molecule has 9 heteroatoms. The van der Waals surface area contributed by atoms with Crippen LogP contribution in [0.25, 0.3) is 0 Å². The van der Waals surface area contributed by atoms with E-state index >= 15 is 0 Å². The van der Waals surface area contributed by atoms with Crippen LogP contribution in [0.5, 0.6) is 0 Å². The standard InChI is InChI=1S/C13H25NO2.C11H19NO.C10H19NO2S/c1-10(2)11-7-6-8-14(9-11)12(15)16-13(3,4)5;1-4-11(13)12-7-5-6-10(8-12)9(2)3;1-4-14(12,13)11-7-5-6-10(8-11)9(2)3/h10-11H,6-9H2,1-5H3;4,9-10H,1,5-8H2,2-3H3;4,9-10H,1,5-8H2,2-3H3. The normalized spacial score (nSPS) is 23.6. The number of likely N-dealkylation sites (tertiary alicyclic amines) is 2. The maximum Gasteiger partial charge on any atom is 0.410 e. The van der Waals surface area contributed by atoms with Crippen molar-refractivity contribution in [3.8, 4) is 0 Å². The van der Waals surface area contributed by atoms with Gasteiger partial charge in [-0.25, -0.2) is 13.2 Å². The molecular formula is C34H63N3O5S. The van der Waals surface area contributed by atoms with Crippen LogP contribution in [0.4, 0.5) is 4.79 Å². The summed E-state index contributed by atoms with van der Waals surface area (Å²) in [7, 11) is -3.19. The van der Waals surface area contributed by atoms with Gasteiger partial charge in [0.05, 0.1) is 0 Å². The van der Waals surface area contributed by atoms with Crippen molar-refractivity contribution in [1.82, 2.24) is 14.1 Å². The predicted molar refractivity (Wildman–Crippen MR) is 178 cm³/mol. The molecule has 3 rings (SSSR count). The summed E-state index contributed by atoms with van der Waals surface area (Å²) < 4.78 is 30.0. The van der Waals surface area contributed by atoms with Crippen molar-refractivity contribution in [3.63, 3.8) is 0 Å². The van der Waals surface area contributed by atoms with E-state index in [4.69, 9.17) is 4.74 Å². The third-order valence-corrected chi connectivity index (χ3v) is 10.3. The van der Waals surface area contributed by atoms with Crippen molar-refractivity contribution < 1.29 is 22.7 Å². The lowest BCUT2D eigenvalue weighted by Gasteiger charge is -2.35. The second kappa shape index (κ2) is 18.2. The minimum absolute atomic E-state index is 0.0883. The number of sulfonamides is 1. The first kappa shape index (κ1) is 39.2. The topological polar surface area (TPSA) is 87.2 Å². The molecule has 0 spiro atoms. The Balaban J connectivity index is 0.000000324. The summed E-state index contributed by atoms with van der Waals surface area (Å²) in [6, 6.07) is 0. The molecule has 0 bridgehead atoms. The summed E-state index contributed by atoms with van der Waals surface area (Å²) in [5, 5.41) is 1.05. The van der Waals surface area contributed by atoms with E-state index in [1.54, 1.807) is 4.31 Å². The summed E-state index contributed by atoms with van der Waals surface area (Å²) in [5.41, 5.74) is -0.387. The Morgan fingerprint density at radius 2 is 1.16 bits per heavy atom. The van der Waals surface area contributed by atoms with Gasteiger partial charge in [0.2, 0.25) is 15.9 Å². The molecule has 0 aromatic heterocycles. The minimum Gasteiger partial charge on any atom is -0.444 e. The van der Waals surface area contributed by atoms with Crippen molar-refractivity contribution in [1.29, 1.82) is 0 Å². The number of hydrogen-bond donors (Lipinski definition) is 0. The van der Waals surface area contributed by atoms with Gasteiger partial charge in [-0.05, 0) is 101 Å². The molecule has 0 saturated carbocycles. The second-order valence-corrected chi connectivity index (χ2v) is 16.3. The highest BCUT2D eigenvalue weighted by molar-refractivity contribution is 7.92. The van der Waals surface area contributed by atoms with Gasteiger partial charge < -0.3 is 14.5 Å². The largest absolute Gasteiger partial charge is 0.444 e. The third-order valence-electron chi connectivity index (χ3n) is 8.87. The van der Waals surface area contributed by atoms with Crippen LogP contribution in [0.15, 0.2) is 24.6 Å². The van der Waals surface area contributed by atoms with Crippen LogP contribution in [0, 0.1) is 35.5 Å². The Morgan fingerprint density at radius 3 is 1.58 bits per heavy atom. The lowest BCUT2D eigenvalue weighted by Crippen LogP contribution is -2.43. The van der Waals surface area contributed by atoms with E-state index in [0.29, 0.717) is 48.6 Å². The van der Waals surface area contributed by atoms with Gasteiger partial charge in [0.25, 0.3) is 0 Å². The molecule has 8 nitrogen and oxygen atoms in total. The smallest absolute Gasteiger partial charge is 0.410 e. The molecule has 0 aliphatic carbocycles. The molecular weight excluding hydrogens is 562 g/mol. The van der Waals surface area contributed by atoms with E-state index in [1.165, 1.54) is 18.9 Å².